The normalized spacial score (nSPS) is 11.0. The van der Waals surface area contributed by atoms with Gasteiger partial charge in [-0.25, -0.2) is 8.42 Å². The average Bonchev–Trinajstić information content (AvgIpc) is 2.18. The van der Waals surface area contributed by atoms with Crippen LogP contribution in [-0.4, -0.2) is 21.4 Å². The van der Waals surface area contributed by atoms with Crippen molar-refractivity contribution < 1.29 is 13.2 Å². The second kappa shape index (κ2) is 5.14. The van der Waals surface area contributed by atoms with Gasteiger partial charge in [0.2, 0.25) is 6.41 Å². The minimum absolute atomic E-state index is 0.0799. The van der Waals surface area contributed by atoms with E-state index in [0.717, 1.165) is 5.56 Å². The summed E-state index contributed by atoms with van der Waals surface area (Å²) in [5.74, 6) is 0. The third-order valence-electron chi connectivity index (χ3n) is 1.85. The van der Waals surface area contributed by atoms with Crippen LogP contribution in [0.2, 0.25) is 0 Å². The lowest BCUT2D eigenvalue weighted by atomic mass is 10.1. The maximum atomic E-state index is 10.9. The van der Waals surface area contributed by atoms with Gasteiger partial charge in [-0.3, -0.25) is 4.79 Å². The molecule has 1 aromatic rings. The molecule has 0 saturated carbocycles. The zero-order valence-corrected chi connectivity index (χ0v) is 9.38. The third kappa shape index (κ3) is 3.89. The van der Waals surface area contributed by atoms with Crippen LogP contribution in [-0.2, 0) is 20.3 Å². The molecule has 1 amide bonds. The van der Waals surface area contributed by atoms with Gasteiger partial charge in [0.25, 0.3) is 9.05 Å². The molecule has 82 valence electrons. The van der Waals surface area contributed by atoms with Gasteiger partial charge in [0.1, 0.15) is 0 Å². The lowest BCUT2D eigenvalue weighted by molar-refractivity contribution is -0.109. The molecule has 0 spiro atoms. The Hall–Kier alpha value is -1.07. The van der Waals surface area contributed by atoms with Crippen molar-refractivity contribution in [2.45, 2.75) is 11.3 Å². The Bertz CT molecular complexity index is 427. The van der Waals surface area contributed by atoms with Crippen molar-refractivity contribution in [3.8, 4) is 0 Å². The van der Waals surface area contributed by atoms with Crippen molar-refractivity contribution in [1.82, 2.24) is 5.32 Å². The summed E-state index contributed by atoms with van der Waals surface area (Å²) in [5, 5.41) is 2.52. The van der Waals surface area contributed by atoms with Crippen LogP contribution < -0.4 is 5.32 Å². The fraction of sp³-hybridized carbons (Fsp3) is 0.222. The van der Waals surface area contributed by atoms with Crippen molar-refractivity contribution in [2.24, 2.45) is 0 Å². The quantitative estimate of drug-likeness (QED) is 0.478. The van der Waals surface area contributed by atoms with Crippen molar-refractivity contribution in [3.05, 3.63) is 29.8 Å². The Morgan fingerprint density at radius 2 is 1.87 bits per heavy atom. The number of hydrogen-bond acceptors (Lipinski definition) is 3. The standard InChI is InChI=1S/C9H10ClNO3S/c10-15(13,14)9-3-1-8(2-4-9)5-6-11-7-12/h1-4,7H,5-6H2,(H,11,12). The van der Waals surface area contributed by atoms with Crippen LogP contribution in [0.4, 0.5) is 0 Å². The van der Waals surface area contributed by atoms with Crippen LogP contribution in [0.15, 0.2) is 29.2 Å². The van der Waals surface area contributed by atoms with Crippen LogP contribution in [0.25, 0.3) is 0 Å². The predicted molar refractivity (Wildman–Crippen MR) is 57.3 cm³/mol. The molecule has 0 atom stereocenters. The Labute approximate surface area is 92.7 Å². The summed E-state index contributed by atoms with van der Waals surface area (Å²) in [6.45, 7) is 0.524. The maximum absolute atomic E-state index is 10.9. The van der Waals surface area contributed by atoms with Crippen LogP contribution >= 0.6 is 10.7 Å². The Morgan fingerprint density at radius 1 is 1.27 bits per heavy atom. The summed E-state index contributed by atoms with van der Waals surface area (Å²) in [6.07, 6.45) is 1.28. The first-order chi connectivity index (χ1) is 7.04. The molecule has 6 heteroatoms. The molecule has 0 bridgehead atoms. The van der Waals surface area contributed by atoms with E-state index in [1.165, 1.54) is 12.1 Å². The number of carbonyl (C=O) groups is 1. The van der Waals surface area contributed by atoms with Crippen LogP contribution in [0, 0.1) is 0 Å². The molecule has 0 saturated heterocycles. The fourth-order valence-electron chi connectivity index (χ4n) is 1.09. The van der Waals surface area contributed by atoms with Crippen molar-refractivity contribution >= 4 is 26.1 Å². The molecule has 0 unspecified atom stereocenters. The minimum atomic E-state index is -3.64. The molecule has 15 heavy (non-hydrogen) atoms. The van der Waals surface area contributed by atoms with E-state index < -0.39 is 9.05 Å². The van der Waals surface area contributed by atoms with Crippen LogP contribution in [0.5, 0.6) is 0 Å². The van der Waals surface area contributed by atoms with Gasteiger partial charge in [0.05, 0.1) is 4.90 Å². The molecular weight excluding hydrogens is 238 g/mol. The topological polar surface area (TPSA) is 63.2 Å². The predicted octanol–water partition coefficient (Wildman–Crippen LogP) is 0.903. The molecule has 0 aliphatic carbocycles. The number of nitrogens with one attached hydrogen (secondary N) is 1. The molecule has 0 aliphatic heterocycles. The number of rotatable bonds is 5. The summed E-state index contributed by atoms with van der Waals surface area (Å²) < 4.78 is 21.8. The highest BCUT2D eigenvalue weighted by molar-refractivity contribution is 8.13. The molecule has 0 aliphatic rings. The van der Waals surface area contributed by atoms with Gasteiger partial charge in [-0.15, -0.1) is 0 Å². The molecular formula is C9H10ClNO3S. The number of benzene rings is 1. The first-order valence-electron chi connectivity index (χ1n) is 4.24. The van der Waals surface area contributed by atoms with Gasteiger partial charge in [-0.05, 0) is 24.1 Å². The first kappa shape index (κ1) is 12.0. The number of carbonyl (C=O) groups excluding carboxylic acids is 1. The first-order valence-corrected chi connectivity index (χ1v) is 6.55. The maximum Gasteiger partial charge on any atom is 0.261 e. The zero-order chi connectivity index (χ0) is 11.3. The molecule has 0 fully saturated rings. The van der Waals surface area contributed by atoms with E-state index in [4.69, 9.17) is 10.7 Å². The van der Waals surface area contributed by atoms with Crippen molar-refractivity contribution in [3.63, 3.8) is 0 Å². The molecule has 1 N–H and O–H groups in total. The minimum Gasteiger partial charge on any atom is -0.358 e. The van der Waals surface area contributed by atoms with Gasteiger partial charge >= 0.3 is 0 Å². The van der Waals surface area contributed by atoms with E-state index in [-0.39, 0.29) is 4.90 Å². The Morgan fingerprint density at radius 3 is 2.33 bits per heavy atom. The molecule has 1 rings (SSSR count). The molecule has 0 aromatic heterocycles. The van der Waals surface area contributed by atoms with E-state index in [1.54, 1.807) is 12.1 Å². The zero-order valence-electron chi connectivity index (χ0n) is 7.81. The van der Waals surface area contributed by atoms with Gasteiger partial charge in [0.15, 0.2) is 0 Å². The van der Waals surface area contributed by atoms with E-state index in [9.17, 15) is 13.2 Å². The van der Waals surface area contributed by atoms with Gasteiger partial charge in [-0.1, -0.05) is 12.1 Å². The summed E-state index contributed by atoms with van der Waals surface area (Å²) >= 11 is 0. The third-order valence-corrected chi connectivity index (χ3v) is 3.22. The highest BCUT2D eigenvalue weighted by Gasteiger charge is 2.08. The second-order valence-corrected chi connectivity index (χ2v) is 5.47. The largest absolute Gasteiger partial charge is 0.358 e. The number of amides is 1. The lowest BCUT2D eigenvalue weighted by Gasteiger charge is -2.01. The van der Waals surface area contributed by atoms with Gasteiger partial charge < -0.3 is 5.32 Å². The fourth-order valence-corrected chi connectivity index (χ4v) is 1.86. The molecule has 0 heterocycles. The summed E-state index contributed by atoms with van der Waals surface area (Å²) in [7, 11) is 1.51. The lowest BCUT2D eigenvalue weighted by Crippen LogP contribution is -2.14. The van der Waals surface area contributed by atoms with Crippen LogP contribution in [0.1, 0.15) is 5.56 Å². The van der Waals surface area contributed by atoms with Gasteiger partial charge in [0, 0.05) is 17.2 Å². The highest BCUT2D eigenvalue weighted by atomic mass is 35.7. The van der Waals surface area contributed by atoms with E-state index in [0.29, 0.717) is 19.4 Å². The van der Waals surface area contributed by atoms with Crippen molar-refractivity contribution in [2.75, 3.05) is 6.54 Å². The highest BCUT2D eigenvalue weighted by Crippen LogP contribution is 2.15. The average molecular weight is 248 g/mol. The smallest absolute Gasteiger partial charge is 0.261 e. The van der Waals surface area contributed by atoms with E-state index >= 15 is 0 Å². The summed E-state index contributed by atoms with van der Waals surface area (Å²) in [4.78, 5) is 10.1. The summed E-state index contributed by atoms with van der Waals surface area (Å²) in [6, 6.07) is 6.22. The number of hydrogen-bond donors (Lipinski definition) is 1. The monoisotopic (exact) mass is 247 g/mol. The van der Waals surface area contributed by atoms with E-state index in [1.807, 2.05) is 0 Å². The van der Waals surface area contributed by atoms with Crippen LogP contribution in [0.3, 0.4) is 0 Å². The van der Waals surface area contributed by atoms with Crippen molar-refractivity contribution in [1.29, 1.82) is 0 Å². The molecule has 1 aromatic carbocycles. The molecule has 0 radical (unpaired) electrons. The number of halogens is 1. The van der Waals surface area contributed by atoms with E-state index in [2.05, 4.69) is 5.32 Å². The Kier molecular flexibility index (Phi) is 4.11. The molecule has 4 nitrogen and oxygen atoms in total. The SMILES string of the molecule is O=CNCCc1ccc(S(=O)(=O)Cl)cc1. The van der Waals surface area contributed by atoms with Gasteiger partial charge in [-0.2, -0.15) is 0 Å². The summed E-state index contributed by atoms with van der Waals surface area (Å²) in [5.41, 5.74) is 0.938. The second-order valence-electron chi connectivity index (χ2n) is 2.90. The Balaban J connectivity index is 2.69.